The number of carboxylic acid groups (broad SMARTS) is 1. The highest BCUT2D eigenvalue weighted by Crippen LogP contribution is 2.39. The predicted octanol–water partition coefficient (Wildman–Crippen LogP) is 2.28. The standard InChI is InChI=1S/C10H20O.CH2O2/c1-8(11)9-5-4-6-10(2,3)7-9;2-1-3/h8-9,11H,4-7H2,1-3H3;1H,(H,2,3). The van der Waals surface area contributed by atoms with Gasteiger partial charge in [-0.1, -0.05) is 20.3 Å². The van der Waals surface area contributed by atoms with Crippen LogP contribution in [0.15, 0.2) is 0 Å². The molecule has 0 bridgehead atoms. The Bertz CT molecular complexity index is 164. The van der Waals surface area contributed by atoms with Crippen LogP contribution in [0.4, 0.5) is 0 Å². The van der Waals surface area contributed by atoms with Crippen molar-refractivity contribution in [3.63, 3.8) is 0 Å². The summed E-state index contributed by atoms with van der Waals surface area (Å²) in [6.45, 7) is 6.29. The molecular formula is C11H22O3. The second-order valence-electron chi connectivity index (χ2n) is 4.87. The first kappa shape index (κ1) is 13.4. The molecule has 14 heavy (non-hydrogen) atoms. The van der Waals surface area contributed by atoms with Crippen LogP contribution in [-0.4, -0.2) is 22.8 Å². The van der Waals surface area contributed by atoms with Crippen LogP contribution >= 0.6 is 0 Å². The van der Waals surface area contributed by atoms with Gasteiger partial charge in [-0.3, -0.25) is 4.79 Å². The molecule has 1 aliphatic carbocycles. The van der Waals surface area contributed by atoms with E-state index < -0.39 is 0 Å². The molecule has 0 amide bonds. The third-order valence-electron chi connectivity index (χ3n) is 2.93. The van der Waals surface area contributed by atoms with Crippen LogP contribution < -0.4 is 0 Å². The van der Waals surface area contributed by atoms with Gasteiger partial charge in [-0.15, -0.1) is 0 Å². The number of hydrogen-bond donors (Lipinski definition) is 2. The predicted molar refractivity (Wildman–Crippen MR) is 56.1 cm³/mol. The summed E-state index contributed by atoms with van der Waals surface area (Å²) in [5.41, 5.74) is 0.472. The largest absolute Gasteiger partial charge is 0.483 e. The van der Waals surface area contributed by atoms with Crippen LogP contribution in [0.1, 0.15) is 46.5 Å². The molecule has 2 atom stereocenters. The highest BCUT2D eigenvalue weighted by atomic mass is 16.3. The molecule has 1 aliphatic rings. The van der Waals surface area contributed by atoms with Gasteiger partial charge in [-0.05, 0) is 37.5 Å². The number of aliphatic hydroxyl groups excluding tert-OH is 1. The van der Waals surface area contributed by atoms with Crippen LogP contribution in [-0.2, 0) is 4.79 Å². The molecule has 2 unspecified atom stereocenters. The summed E-state index contributed by atoms with van der Waals surface area (Å²) in [6, 6.07) is 0. The Hall–Kier alpha value is -0.570. The van der Waals surface area contributed by atoms with E-state index in [-0.39, 0.29) is 12.6 Å². The summed E-state index contributed by atoms with van der Waals surface area (Å²) in [5.74, 6) is 0.554. The first-order valence-electron chi connectivity index (χ1n) is 5.19. The fourth-order valence-corrected chi connectivity index (χ4v) is 2.17. The smallest absolute Gasteiger partial charge is 0.290 e. The summed E-state index contributed by atoms with van der Waals surface area (Å²) in [4.78, 5) is 8.36. The van der Waals surface area contributed by atoms with Crippen LogP contribution in [0.25, 0.3) is 0 Å². The Morgan fingerprint density at radius 3 is 2.29 bits per heavy atom. The van der Waals surface area contributed by atoms with E-state index in [0.29, 0.717) is 11.3 Å². The molecular weight excluding hydrogens is 180 g/mol. The zero-order valence-electron chi connectivity index (χ0n) is 9.36. The summed E-state index contributed by atoms with van der Waals surface area (Å²) in [5, 5.41) is 16.3. The normalized spacial score (nSPS) is 27.0. The number of hydrogen-bond acceptors (Lipinski definition) is 2. The van der Waals surface area contributed by atoms with Gasteiger partial charge in [0.05, 0.1) is 6.10 Å². The molecule has 1 saturated carbocycles. The fourth-order valence-electron chi connectivity index (χ4n) is 2.17. The molecule has 0 spiro atoms. The van der Waals surface area contributed by atoms with Gasteiger partial charge in [-0.2, -0.15) is 0 Å². The molecule has 0 aliphatic heterocycles. The molecule has 0 heterocycles. The van der Waals surface area contributed by atoms with E-state index in [0.717, 1.165) is 0 Å². The van der Waals surface area contributed by atoms with E-state index in [1.54, 1.807) is 0 Å². The molecule has 0 radical (unpaired) electrons. The second-order valence-corrected chi connectivity index (χ2v) is 4.87. The van der Waals surface area contributed by atoms with Crippen molar-refractivity contribution >= 4 is 6.47 Å². The number of rotatable bonds is 1. The van der Waals surface area contributed by atoms with Gasteiger partial charge in [0.1, 0.15) is 0 Å². The molecule has 2 N–H and O–H groups in total. The third kappa shape index (κ3) is 5.22. The van der Waals surface area contributed by atoms with Crippen molar-refractivity contribution in [2.45, 2.75) is 52.6 Å². The summed E-state index contributed by atoms with van der Waals surface area (Å²) in [7, 11) is 0. The Labute approximate surface area is 86.1 Å². The number of carbonyl (C=O) groups is 1. The second kappa shape index (κ2) is 6.02. The van der Waals surface area contributed by atoms with Crippen molar-refractivity contribution in [3.05, 3.63) is 0 Å². The maximum absolute atomic E-state index is 9.41. The minimum absolute atomic E-state index is 0.102. The van der Waals surface area contributed by atoms with Crippen molar-refractivity contribution in [2.24, 2.45) is 11.3 Å². The van der Waals surface area contributed by atoms with Gasteiger partial charge in [-0.25, -0.2) is 0 Å². The lowest BCUT2D eigenvalue weighted by Crippen LogP contribution is -2.28. The molecule has 3 heteroatoms. The minimum atomic E-state index is -0.250. The highest BCUT2D eigenvalue weighted by Gasteiger charge is 2.29. The average molecular weight is 202 g/mol. The van der Waals surface area contributed by atoms with E-state index in [1.807, 2.05) is 6.92 Å². The van der Waals surface area contributed by atoms with E-state index in [9.17, 15) is 5.11 Å². The molecule has 1 rings (SSSR count). The van der Waals surface area contributed by atoms with Crippen molar-refractivity contribution in [2.75, 3.05) is 0 Å². The average Bonchev–Trinajstić information content (AvgIpc) is 2.03. The lowest BCUT2D eigenvalue weighted by molar-refractivity contribution is -0.122. The highest BCUT2D eigenvalue weighted by molar-refractivity contribution is 5.32. The van der Waals surface area contributed by atoms with E-state index in [1.165, 1.54) is 25.7 Å². The first-order valence-corrected chi connectivity index (χ1v) is 5.19. The van der Waals surface area contributed by atoms with E-state index in [4.69, 9.17) is 9.90 Å². The monoisotopic (exact) mass is 202 g/mol. The van der Waals surface area contributed by atoms with Crippen molar-refractivity contribution in [1.82, 2.24) is 0 Å². The van der Waals surface area contributed by atoms with E-state index in [2.05, 4.69) is 13.8 Å². The quantitative estimate of drug-likeness (QED) is 0.641. The van der Waals surface area contributed by atoms with Gasteiger partial charge in [0.25, 0.3) is 6.47 Å². The maximum atomic E-state index is 9.41. The Morgan fingerprint density at radius 1 is 1.50 bits per heavy atom. The van der Waals surface area contributed by atoms with E-state index >= 15 is 0 Å². The zero-order chi connectivity index (χ0) is 11.2. The molecule has 0 aromatic rings. The van der Waals surface area contributed by atoms with Gasteiger partial charge < -0.3 is 10.2 Å². The number of aliphatic hydroxyl groups is 1. The Morgan fingerprint density at radius 2 is 2.00 bits per heavy atom. The molecule has 3 nitrogen and oxygen atoms in total. The van der Waals surface area contributed by atoms with Gasteiger partial charge in [0.15, 0.2) is 0 Å². The molecule has 84 valence electrons. The topological polar surface area (TPSA) is 57.5 Å². The van der Waals surface area contributed by atoms with Gasteiger partial charge >= 0.3 is 0 Å². The lowest BCUT2D eigenvalue weighted by Gasteiger charge is -2.36. The van der Waals surface area contributed by atoms with Crippen LogP contribution in [0.5, 0.6) is 0 Å². The molecule has 0 saturated heterocycles. The molecule has 1 fully saturated rings. The Kier molecular flexibility index (Phi) is 5.77. The van der Waals surface area contributed by atoms with Gasteiger partial charge in [0, 0.05) is 0 Å². The summed E-state index contributed by atoms with van der Waals surface area (Å²) < 4.78 is 0. The summed E-state index contributed by atoms with van der Waals surface area (Å²) in [6.07, 6.45) is 4.94. The third-order valence-corrected chi connectivity index (χ3v) is 2.93. The summed E-state index contributed by atoms with van der Waals surface area (Å²) >= 11 is 0. The van der Waals surface area contributed by atoms with Crippen LogP contribution in [0.2, 0.25) is 0 Å². The SMILES string of the molecule is CC(O)C1CCCC(C)(C)C1.O=CO. The lowest BCUT2D eigenvalue weighted by atomic mass is 9.71. The van der Waals surface area contributed by atoms with Crippen molar-refractivity contribution in [1.29, 1.82) is 0 Å². The minimum Gasteiger partial charge on any atom is -0.483 e. The zero-order valence-corrected chi connectivity index (χ0v) is 9.36. The maximum Gasteiger partial charge on any atom is 0.290 e. The van der Waals surface area contributed by atoms with Crippen LogP contribution in [0, 0.1) is 11.3 Å². The van der Waals surface area contributed by atoms with Crippen molar-refractivity contribution in [3.8, 4) is 0 Å². The first-order chi connectivity index (χ1) is 6.43. The van der Waals surface area contributed by atoms with Crippen LogP contribution in [0.3, 0.4) is 0 Å². The molecule has 0 aromatic carbocycles. The van der Waals surface area contributed by atoms with Crippen molar-refractivity contribution < 1.29 is 15.0 Å². The Balaban J connectivity index is 0.000000500. The van der Waals surface area contributed by atoms with Gasteiger partial charge in [0.2, 0.25) is 0 Å². The fraction of sp³-hybridized carbons (Fsp3) is 0.909. The molecule has 0 aromatic heterocycles.